The topological polar surface area (TPSA) is 77.8 Å². The second-order valence-electron chi connectivity index (χ2n) is 8.97. The monoisotopic (exact) mass is 485 g/mol. The molecule has 1 N–H and O–H groups in total. The molecule has 0 saturated heterocycles. The van der Waals surface area contributed by atoms with Gasteiger partial charge in [-0.15, -0.1) is 0 Å². The van der Waals surface area contributed by atoms with Gasteiger partial charge in [0.1, 0.15) is 5.75 Å². The number of carbonyl (C=O) groups is 2. The van der Waals surface area contributed by atoms with E-state index in [0.29, 0.717) is 24.3 Å². The van der Waals surface area contributed by atoms with Crippen molar-refractivity contribution in [2.24, 2.45) is 0 Å². The summed E-state index contributed by atoms with van der Waals surface area (Å²) in [6.45, 7) is 8.74. The van der Waals surface area contributed by atoms with Crippen molar-refractivity contribution in [2.75, 3.05) is 6.61 Å². The van der Waals surface area contributed by atoms with E-state index in [9.17, 15) is 9.59 Å². The summed E-state index contributed by atoms with van der Waals surface area (Å²) in [5.74, 6) is -0.246. The van der Waals surface area contributed by atoms with Gasteiger partial charge in [-0.05, 0) is 51.0 Å². The Morgan fingerprint density at radius 3 is 2.39 bits per heavy atom. The van der Waals surface area contributed by atoms with Gasteiger partial charge in [0.05, 0.1) is 24.3 Å². The molecule has 4 rings (SSSR count). The van der Waals surface area contributed by atoms with Crippen LogP contribution in [0, 0.1) is 13.8 Å². The fourth-order valence-electron chi connectivity index (χ4n) is 4.35. The van der Waals surface area contributed by atoms with Crippen LogP contribution in [0.3, 0.4) is 0 Å². The number of fused-ring (bicyclic) bond motifs is 1. The smallest absolute Gasteiger partial charge is 0.332 e. The van der Waals surface area contributed by atoms with E-state index in [2.05, 4.69) is 4.57 Å². The maximum atomic E-state index is 13.6. The highest BCUT2D eigenvalue weighted by Gasteiger charge is 2.22. The van der Waals surface area contributed by atoms with Crippen LogP contribution in [-0.2, 0) is 22.7 Å². The number of benzene rings is 3. The fourth-order valence-corrected chi connectivity index (χ4v) is 4.35. The van der Waals surface area contributed by atoms with E-state index in [1.54, 1.807) is 0 Å². The fraction of sp³-hybridized carbons (Fsp3) is 0.267. The maximum absolute atomic E-state index is 13.6. The Morgan fingerprint density at radius 2 is 1.69 bits per heavy atom. The molecule has 0 radical (unpaired) electrons. The Kier molecular flexibility index (Phi) is 7.55. The molecule has 0 fully saturated rings. The largest absolute Gasteiger partial charge is 0.494 e. The van der Waals surface area contributed by atoms with E-state index < -0.39 is 12.1 Å². The van der Waals surface area contributed by atoms with Crippen molar-refractivity contribution in [1.29, 1.82) is 0 Å². The molecule has 186 valence electrons. The summed E-state index contributed by atoms with van der Waals surface area (Å²) in [4.78, 5) is 24.7. The normalized spacial score (nSPS) is 12.0. The Morgan fingerprint density at radius 1 is 0.972 bits per heavy atom. The van der Waals surface area contributed by atoms with Crippen LogP contribution in [0.1, 0.15) is 52.2 Å². The number of aliphatic carboxylic acids is 1. The van der Waals surface area contributed by atoms with Crippen LogP contribution in [0.25, 0.3) is 10.9 Å². The first-order chi connectivity index (χ1) is 17.3. The summed E-state index contributed by atoms with van der Waals surface area (Å²) >= 11 is 0. The minimum atomic E-state index is -0.989. The second kappa shape index (κ2) is 10.8. The third kappa shape index (κ3) is 5.34. The van der Waals surface area contributed by atoms with Crippen molar-refractivity contribution in [3.8, 4) is 5.75 Å². The standard InChI is InChI=1S/C30H31NO5/c1-5-35-25-13-14-26-27(16-25)31(20(3)28(26)29(32)24-11-9-19(2)10-12-24)17-22-7-6-8-23(15-22)18-36-21(4)30(33)34/h6-16,21H,5,17-18H2,1-4H3,(H,33,34)/t21-/m1/s1. The molecule has 1 atom stereocenters. The van der Waals surface area contributed by atoms with Crippen LogP contribution in [-0.4, -0.2) is 34.1 Å². The van der Waals surface area contributed by atoms with E-state index in [-0.39, 0.29) is 12.4 Å². The van der Waals surface area contributed by atoms with E-state index in [4.69, 9.17) is 14.6 Å². The summed E-state index contributed by atoms with van der Waals surface area (Å²) in [5, 5.41) is 9.96. The molecule has 0 saturated carbocycles. The number of carboxylic acids is 1. The number of hydrogen-bond acceptors (Lipinski definition) is 4. The Labute approximate surface area is 211 Å². The van der Waals surface area contributed by atoms with Crippen LogP contribution in [0.4, 0.5) is 0 Å². The number of carboxylic acid groups (broad SMARTS) is 1. The lowest BCUT2D eigenvalue weighted by Crippen LogP contribution is -2.19. The molecule has 0 unspecified atom stereocenters. The van der Waals surface area contributed by atoms with Crippen molar-refractivity contribution in [3.63, 3.8) is 0 Å². The molecule has 0 aliphatic rings. The van der Waals surface area contributed by atoms with Gasteiger partial charge in [0, 0.05) is 29.3 Å². The van der Waals surface area contributed by atoms with E-state index in [1.807, 2.05) is 87.5 Å². The zero-order valence-electron chi connectivity index (χ0n) is 21.1. The predicted molar refractivity (Wildman–Crippen MR) is 140 cm³/mol. The van der Waals surface area contributed by atoms with Crippen molar-refractivity contribution >= 4 is 22.7 Å². The molecular formula is C30H31NO5. The summed E-state index contributed by atoms with van der Waals surface area (Å²) in [6, 6.07) is 21.4. The van der Waals surface area contributed by atoms with E-state index in [0.717, 1.165) is 39.0 Å². The molecule has 1 aromatic heterocycles. The number of nitrogens with zero attached hydrogens (tertiary/aromatic N) is 1. The number of ether oxygens (including phenoxy) is 2. The van der Waals surface area contributed by atoms with Gasteiger partial charge in [-0.2, -0.15) is 0 Å². The predicted octanol–water partition coefficient (Wildman–Crippen LogP) is 5.93. The first-order valence-electron chi connectivity index (χ1n) is 12.1. The summed E-state index contributed by atoms with van der Waals surface area (Å²) in [7, 11) is 0. The SMILES string of the molecule is CCOc1ccc2c(C(=O)c3ccc(C)cc3)c(C)n(Cc3cccc(CO[C@H](C)C(=O)O)c3)c2c1. The molecule has 0 aliphatic carbocycles. The zero-order chi connectivity index (χ0) is 25.8. The maximum Gasteiger partial charge on any atom is 0.332 e. The zero-order valence-corrected chi connectivity index (χ0v) is 21.1. The number of hydrogen-bond donors (Lipinski definition) is 1. The number of aromatic nitrogens is 1. The van der Waals surface area contributed by atoms with Crippen LogP contribution >= 0.6 is 0 Å². The van der Waals surface area contributed by atoms with Crippen molar-refractivity contribution in [3.05, 3.63) is 100 Å². The minimum absolute atomic E-state index is 0.00906. The quantitative estimate of drug-likeness (QED) is 0.282. The number of aryl methyl sites for hydroxylation is 1. The second-order valence-corrected chi connectivity index (χ2v) is 8.97. The molecule has 36 heavy (non-hydrogen) atoms. The average molecular weight is 486 g/mol. The van der Waals surface area contributed by atoms with Crippen LogP contribution in [0.15, 0.2) is 66.7 Å². The lowest BCUT2D eigenvalue weighted by molar-refractivity contribution is -0.149. The lowest BCUT2D eigenvalue weighted by Gasteiger charge is -2.12. The van der Waals surface area contributed by atoms with Gasteiger partial charge in [0.2, 0.25) is 0 Å². The Hall–Kier alpha value is -3.90. The molecular weight excluding hydrogens is 454 g/mol. The number of ketones is 1. The van der Waals surface area contributed by atoms with Crippen molar-refractivity contribution in [2.45, 2.75) is 47.0 Å². The highest BCUT2D eigenvalue weighted by Crippen LogP contribution is 2.32. The van der Waals surface area contributed by atoms with Crippen LogP contribution in [0.2, 0.25) is 0 Å². The van der Waals surface area contributed by atoms with Gasteiger partial charge >= 0.3 is 5.97 Å². The Balaban J connectivity index is 1.74. The third-order valence-electron chi connectivity index (χ3n) is 6.33. The van der Waals surface area contributed by atoms with Gasteiger partial charge < -0.3 is 19.1 Å². The summed E-state index contributed by atoms with van der Waals surface area (Å²) < 4.78 is 13.4. The van der Waals surface area contributed by atoms with E-state index >= 15 is 0 Å². The Bertz CT molecular complexity index is 1400. The lowest BCUT2D eigenvalue weighted by atomic mass is 9.99. The van der Waals surface area contributed by atoms with Gasteiger partial charge in [0.25, 0.3) is 0 Å². The van der Waals surface area contributed by atoms with Crippen molar-refractivity contribution < 1.29 is 24.2 Å². The molecule has 1 heterocycles. The highest BCUT2D eigenvalue weighted by molar-refractivity contribution is 6.17. The first kappa shape index (κ1) is 25.2. The van der Waals surface area contributed by atoms with Gasteiger partial charge in [-0.1, -0.05) is 54.1 Å². The molecule has 0 spiro atoms. The average Bonchev–Trinajstić information content (AvgIpc) is 3.13. The molecule has 3 aromatic carbocycles. The van der Waals surface area contributed by atoms with Gasteiger partial charge in [0.15, 0.2) is 11.9 Å². The van der Waals surface area contributed by atoms with Crippen LogP contribution in [0.5, 0.6) is 5.75 Å². The molecule has 0 amide bonds. The minimum Gasteiger partial charge on any atom is -0.494 e. The highest BCUT2D eigenvalue weighted by atomic mass is 16.5. The number of rotatable bonds is 10. The number of carbonyl (C=O) groups excluding carboxylic acids is 1. The molecule has 0 bridgehead atoms. The van der Waals surface area contributed by atoms with Crippen molar-refractivity contribution in [1.82, 2.24) is 4.57 Å². The summed E-state index contributed by atoms with van der Waals surface area (Å²) in [5.41, 5.74) is 6.17. The molecule has 6 nitrogen and oxygen atoms in total. The van der Waals surface area contributed by atoms with Gasteiger partial charge in [-0.3, -0.25) is 4.79 Å². The van der Waals surface area contributed by atoms with Gasteiger partial charge in [-0.25, -0.2) is 4.79 Å². The molecule has 0 aliphatic heterocycles. The summed E-state index contributed by atoms with van der Waals surface area (Å²) in [6.07, 6.45) is -0.878. The molecule has 6 heteroatoms. The molecule has 4 aromatic rings. The first-order valence-corrected chi connectivity index (χ1v) is 12.1. The third-order valence-corrected chi connectivity index (χ3v) is 6.33. The van der Waals surface area contributed by atoms with Crippen LogP contribution < -0.4 is 4.74 Å². The van der Waals surface area contributed by atoms with E-state index in [1.165, 1.54) is 6.92 Å².